The predicted octanol–water partition coefficient (Wildman–Crippen LogP) is 3.54. The van der Waals surface area contributed by atoms with Gasteiger partial charge in [0.2, 0.25) is 0 Å². The highest BCUT2D eigenvalue weighted by Crippen LogP contribution is 2.27. The molecule has 1 aromatic heterocycles. The second-order valence-corrected chi connectivity index (χ2v) is 5.03. The van der Waals surface area contributed by atoms with Crippen LogP contribution in [-0.4, -0.2) is 25.2 Å². The second-order valence-electron chi connectivity index (χ2n) is 5.03. The van der Waals surface area contributed by atoms with Gasteiger partial charge in [0.15, 0.2) is 0 Å². The van der Waals surface area contributed by atoms with Crippen molar-refractivity contribution in [2.45, 2.75) is 6.61 Å². The Kier molecular flexibility index (Phi) is 4.19. The van der Waals surface area contributed by atoms with E-state index < -0.39 is 5.97 Å². The first-order valence-corrected chi connectivity index (χ1v) is 7.17. The fourth-order valence-corrected chi connectivity index (χ4v) is 2.36. The molecule has 3 aromatic rings. The number of nitrogens with one attached hydrogen (secondary N) is 1. The van der Waals surface area contributed by atoms with E-state index in [0.717, 1.165) is 22.2 Å². The maximum absolute atomic E-state index is 11.6. The van der Waals surface area contributed by atoms with E-state index >= 15 is 0 Å². The van der Waals surface area contributed by atoms with Crippen LogP contribution in [0.4, 0.5) is 0 Å². The number of hydrogen-bond donors (Lipinski definition) is 1. The van der Waals surface area contributed by atoms with Crippen molar-refractivity contribution in [1.82, 2.24) is 4.98 Å². The number of rotatable bonds is 5. The SMILES string of the molecule is COC(=O)c1cc2c(OCc3ccc(OC)cc3)cccc2[nH]1. The van der Waals surface area contributed by atoms with Gasteiger partial charge in [0, 0.05) is 10.9 Å². The van der Waals surface area contributed by atoms with E-state index in [0.29, 0.717) is 18.1 Å². The number of benzene rings is 2. The van der Waals surface area contributed by atoms with Crippen LogP contribution >= 0.6 is 0 Å². The van der Waals surface area contributed by atoms with Crippen molar-refractivity contribution in [1.29, 1.82) is 0 Å². The highest BCUT2D eigenvalue weighted by Gasteiger charge is 2.12. The third kappa shape index (κ3) is 3.13. The lowest BCUT2D eigenvalue weighted by atomic mass is 10.2. The molecule has 0 aliphatic carbocycles. The number of carbonyl (C=O) groups is 1. The quantitative estimate of drug-likeness (QED) is 0.732. The molecule has 0 spiro atoms. The van der Waals surface area contributed by atoms with Crippen molar-refractivity contribution in [3.8, 4) is 11.5 Å². The van der Waals surface area contributed by atoms with Crippen molar-refractivity contribution < 1.29 is 19.0 Å². The maximum atomic E-state index is 11.6. The minimum Gasteiger partial charge on any atom is -0.497 e. The van der Waals surface area contributed by atoms with Gasteiger partial charge in [-0.15, -0.1) is 0 Å². The summed E-state index contributed by atoms with van der Waals surface area (Å²) in [5, 5.41) is 0.849. The minimum absolute atomic E-state index is 0.401. The van der Waals surface area contributed by atoms with Crippen LogP contribution in [0.3, 0.4) is 0 Å². The Balaban J connectivity index is 1.81. The molecule has 118 valence electrons. The van der Waals surface area contributed by atoms with Crippen molar-refractivity contribution in [2.75, 3.05) is 14.2 Å². The Morgan fingerprint density at radius 1 is 1.09 bits per heavy atom. The average molecular weight is 311 g/mol. The molecule has 0 atom stereocenters. The summed E-state index contributed by atoms with van der Waals surface area (Å²) in [5.74, 6) is 1.12. The Morgan fingerprint density at radius 3 is 2.57 bits per heavy atom. The number of methoxy groups -OCH3 is 2. The molecule has 5 heteroatoms. The molecule has 0 bridgehead atoms. The first-order chi connectivity index (χ1) is 11.2. The van der Waals surface area contributed by atoms with E-state index in [1.807, 2.05) is 42.5 Å². The first-order valence-electron chi connectivity index (χ1n) is 7.17. The highest BCUT2D eigenvalue weighted by atomic mass is 16.5. The molecular formula is C18H17NO4. The molecule has 0 radical (unpaired) electrons. The Labute approximate surface area is 133 Å². The zero-order chi connectivity index (χ0) is 16.2. The van der Waals surface area contributed by atoms with Crippen LogP contribution in [0.5, 0.6) is 11.5 Å². The summed E-state index contributed by atoms with van der Waals surface area (Å²) in [4.78, 5) is 14.7. The van der Waals surface area contributed by atoms with Gasteiger partial charge in [0.25, 0.3) is 0 Å². The van der Waals surface area contributed by atoms with Gasteiger partial charge < -0.3 is 19.2 Å². The smallest absolute Gasteiger partial charge is 0.354 e. The predicted molar refractivity (Wildman–Crippen MR) is 87.0 cm³/mol. The van der Waals surface area contributed by atoms with Gasteiger partial charge >= 0.3 is 5.97 Å². The lowest BCUT2D eigenvalue weighted by Gasteiger charge is -2.08. The lowest BCUT2D eigenvalue weighted by Crippen LogP contribution is -2.00. The summed E-state index contributed by atoms with van der Waals surface area (Å²) in [6.45, 7) is 0.432. The molecule has 2 aromatic carbocycles. The monoisotopic (exact) mass is 311 g/mol. The summed E-state index contributed by atoms with van der Waals surface area (Å²) in [6, 6.07) is 15.1. The third-order valence-corrected chi connectivity index (χ3v) is 3.58. The van der Waals surface area contributed by atoms with E-state index in [1.165, 1.54) is 7.11 Å². The van der Waals surface area contributed by atoms with Crippen molar-refractivity contribution in [3.05, 3.63) is 59.8 Å². The summed E-state index contributed by atoms with van der Waals surface area (Å²) in [7, 11) is 2.99. The van der Waals surface area contributed by atoms with E-state index in [2.05, 4.69) is 4.98 Å². The number of aromatic amines is 1. The zero-order valence-corrected chi connectivity index (χ0v) is 13.0. The van der Waals surface area contributed by atoms with E-state index in [9.17, 15) is 4.79 Å². The van der Waals surface area contributed by atoms with Crippen molar-refractivity contribution in [2.24, 2.45) is 0 Å². The maximum Gasteiger partial charge on any atom is 0.354 e. The Morgan fingerprint density at radius 2 is 1.87 bits per heavy atom. The Hall–Kier alpha value is -2.95. The van der Waals surface area contributed by atoms with Crippen molar-refractivity contribution >= 4 is 16.9 Å². The molecule has 0 fully saturated rings. The van der Waals surface area contributed by atoms with Crippen LogP contribution in [0, 0.1) is 0 Å². The van der Waals surface area contributed by atoms with Gasteiger partial charge in [-0.1, -0.05) is 18.2 Å². The molecule has 0 amide bonds. The number of esters is 1. The molecule has 1 heterocycles. The average Bonchev–Trinajstić information content (AvgIpc) is 3.04. The topological polar surface area (TPSA) is 60.6 Å². The van der Waals surface area contributed by atoms with Gasteiger partial charge in [0.05, 0.1) is 14.2 Å². The minimum atomic E-state index is -0.401. The van der Waals surface area contributed by atoms with Crippen LogP contribution in [0.1, 0.15) is 16.1 Å². The number of ether oxygens (including phenoxy) is 3. The van der Waals surface area contributed by atoms with Gasteiger partial charge in [-0.05, 0) is 35.9 Å². The van der Waals surface area contributed by atoms with Gasteiger partial charge in [-0.2, -0.15) is 0 Å². The molecule has 23 heavy (non-hydrogen) atoms. The van der Waals surface area contributed by atoms with Gasteiger partial charge in [0.1, 0.15) is 23.8 Å². The molecule has 0 saturated heterocycles. The van der Waals surface area contributed by atoms with Crippen molar-refractivity contribution in [3.63, 3.8) is 0 Å². The molecule has 0 unspecified atom stereocenters. The largest absolute Gasteiger partial charge is 0.497 e. The van der Waals surface area contributed by atoms with Crippen LogP contribution < -0.4 is 9.47 Å². The van der Waals surface area contributed by atoms with E-state index in [-0.39, 0.29) is 0 Å². The van der Waals surface area contributed by atoms with Crippen LogP contribution in [0.15, 0.2) is 48.5 Å². The second kappa shape index (κ2) is 6.44. The standard InChI is InChI=1S/C18H17NO4/c1-21-13-8-6-12(7-9-13)11-23-17-5-3-4-15-14(17)10-16(19-15)18(20)22-2/h3-10,19H,11H2,1-2H3. The number of hydrogen-bond acceptors (Lipinski definition) is 4. The summed E-state index contributed by atoms with van der Waals surface area (Å²) < 4.78 is 15.8. The van der Waals surface area contributed by atoms with Gasteiger partial charge in [-0.25, -0.2) is 4.79 Å². The summed E-state index contributed by atoms with van der Waals surface area (Å²) >= 11 is 0. The zero-order valence-electron chi connectivity index (χ0n) is 13.0. The molecule has 0 saturated carbocycles. The van der Waals surface area contributed by atoms with E-state index in [4.69, 9.17) is 14.2 Å². The molecule has 5 nitrogen and oxygen atoms in total. The number of carbonyl (C=O) groups excluding carboxylic acids is 1. The van der Waals surface area contributed by atoms with E-state index in [1.54, 1.807) is 13.2 Å². The number of fused-ring (bicyclic) bond motifs is 1. The molecule has 1 N–H and O–H groups in total. The van der Waals surface area contributed by atoms with Crippen LogP contribution in [0.25, 0.3) is 10.9 Å². The normalized spacial score (nSPS) is 10.5. The number of aromatic nitrogens is 1. The molecule has 0 aliphatic rings. The van der Waals surface area contributed by atoms with Crippen LogP contribution in [-0.2, 0) is 11.3 Å². The summed E-state index contributed by atoms with van der Waals surface area (Å²) in [6.07, 6.45) is 0. The fraction of sp³-hybridized carbons (Fsp3) is 0.167. The molecular weight excluding hydrogens is 294 g/mol. The molecule has 0 aliphatic heterocycles. The highest BCUT2D eigenvalue weighted by molar-refractivity contribution is 5.97. The first kappa shape index (κ1) is 15.0. The fourth-order valence-electron chi connectivity index (χ4n) is 2.36. The number of H-pyrrole nitrogens is 1. The summed E-state index contributed by atoms with van der Waals surface area (Å²) in [5.41, 5.74) is 2.27. The lowest BCUT2D eigenvalue weighted by molar-refractivity contribution is 0.0595. The Bertz CT molecular complexity index is 821. The van der Waals surface area contributed by atoms with Gasteiger partial charge in [-0.3, -0.25) is 0 Å². The molecule has 3 rings (SSSR count). The van der Waals surface area contributed by atoms with Crippen LogP contribution in [0.2, 0.25) is 0 Å². The third-order valence-electron chi connectivity index (χ3n) is 3.58.